The van der Waals surface area contributed by atoms with Crippen molar-refractivity contribution in [2.75, 3.05) is 0 Å². The minimum absolute atomic E-state index is 0.0841. The molecule has 0 spiro atoms. The zero-order valence-electron chi connectivity index (χ0n) is 12.8. The second-order valence-corrected chi connectivity index (χ2v) is 7.19. The highest BCUT2D eigenvalue weighted by atomic mass is 35.5. The maximum absolute atomic E-state index is 12.4. The van der Waals surface area contributed by atoms with Gasteiger partial charge in [-0.1, -0.05) is 36.7 Å². The Labute approximate surface area is 144 Å². The number of halogens is 1. The lowest BCUT2D eigenvalue weighted by atomic mass is 10.2. The van der Waals surface area contributed by atoms with E-state index in [1.165, 1.54) is 12.3 Å². The van der Waals surface area contributed by atoms with Crippen molar-refractivity contribution in [3.8, 4) is 11.6 Å². The number of H-pyrrole nitrogens is 1. The van der Waals surface area contributed by atoms with Gasteiger partial charge < -0.3 is 9.40 Å². The van der Waals surface area contributed by atoms with E-state index in [-0.39, 0.29) is 17.3 Å². The lowest BCUT2D eigenvalue weighted by molar-refractivity contribution is 0.511. The summed E-state index contributed by atoms with van der Waals surface area (Å²) in [6.45, 7) is 1.99. The first kappa shape index (κ1) is 16.7. The van der Waals surface area contributed by atoms with Gasteiger partial charge in [0.15, 0.2) is 0 Å². The molecule has 0 aliphatic heterocycles. The molecule has 1 aromatic carbocycles. The molecular formula is C15H15ClN4O3S. The Morgan fingerprint density at radius 1 is 1.29 bits per heavy atom. The maximum Gasteiger partial charge on any atom is 0.264 e. The van der Waals surface area contributed by atoms with Crippen LogP contribution in [0.1, 0.15) is 18.4 Å². The van der Waals surface area contributed by atoms with Crippen LogP contribution in [-0.4, -0.2) is 23.6 Å². The Bertz CT molecular complexity index is 949. The number of aryl methyl sites for hydroxylation is 1. The Hall–Kier alpha value is -2.16. The van der Waals surface area contributed by atoms with Gasteiger partial charge in [0.05, 0.1) is 0 Å². The summed E-state index contributed by atoms with van der Waals surface area (Å²) in [7, 11) is -3.69. The second-order valence-electron chi connectivity index (χ2n) is 5.02. The van der Waals surface area contributed by atoms with E-state index in [4.69, 9.17) is 16.0 Å². The predicted molar refractivity (Wildman–Crippen MR) is 88.9 cm³/mol. The van der Waals surface area contributed by atoms with E-state index in [1.807, 2.05) is 6.92 Å². The first-order chi connectivity index (χ1) is 11.5. The number of benzene rings is 1. The molecule has 0 saturated carbocycles. The van der Waals surface area contributed by atoms with Crippen molar-refractivity contribution in [2.45, 2.75) is 24.8 Å². The Kier molecular flexibility index (Phi) is 4.70. The van der Waals surface area contributed by atoms with E-state index < -0.39 is 10.0 Å². The number of sulfonamides is 1. The highest BCUT2D eigenvalue weighted by Crippen LogP contribution is 2.21. The molecular weight excluding hydrogens is 352 g/mol. The van der Waals surface area contributed by atoms with Gasteiger partial charge in [0.25, 0.3) is 5.89 Å². The largest absolute Gasteiger partial charge is 0.419 e. The molecule has 3 aromatic rings. The van der Waals surface area contributed by atoms with Crippen LogP contribution in [0.2, 0.25) is 5.02 Å². The van der Waals surface area contributed by atoms with Gasteiger partial charge in [-0.15, -0.1) is 10.2 Å². The van der Waals surface area contributed by atoms with E-state index in [0.29, 0.717) is 28.6 Å². The monoisotopic (exact) mass is 366 g/mol. The predicted octanol–water partition coefficient (Wildman–Crippen LogP) is 2.76. The van der Waals surface area contributed by atoms with Gasteiger partial charge in [-0.3, -0.25) is 0 Å². The molecule has 126 valence electrons. The minimum Gasteiger partial charge on any atom is -0.419 e. The van der Waals surface area contributed by atoms with Crippen LogP contribution in [0.5, 0.6) is 0 Å². The third-order valence-corrected chi connectivity index (χ3v) is 5.13. The highest BCUT2D eigenvalue weighted by molar-refractivity contribution is 7.89. The summed E-state index contributed by atoms with van der Waals surface area (Å²) in [5.41, 5.74) is 1.14. The molecule has 24 heavy (non-hydrogen) atoms. The fourth-order valence-electron chi connectivity index (χ4n) is 2.06. The van der Waals surface area contributed by atoms with E-state index in [1.54, 1.807) is 24.3 Å². The van der Waals surface area contributed by atoms with Crippen molar-refractivity contribution < 1.29 is 12.8 Å². The topological polar surface area (TPSA) is 101 Å². The quantitative estimate of drug-likeness (QED) is 0.698. The van der Waals surface area contributed by atoms with Crippen molar-refractivity contribution in [3.05, 3.63) is 53.0 Å². The van der Waals surface area contributed by atoms with Crippen LogP contribution in [0.15, 0.2) is 45.8 Å². The summed E-state index contributed by atoms with van der Waals surface area (Å²) in [5, 5.41) is 8.24. The minimum atomic E-state index is -3.69. The molecule has 0 fully saturated rings. The summed E-state index contributed by atoms with van der Waals surface area (Å²) in [6.07, 6.45) is 1.98. The second kappa shape index (κ2) is 6.76. The summed E-state index contributed by atoms with van der Waals surface area (Å²) >= 11 is 6.03. The number of nitrogens with zero attached hydrogens (tertiary/aromatic N) is 2. The van der Waals surface area contributed by atoms with Gasteiger partial charge in [0, 0.05) is 24.2 Å². The summed E-state index contributed by atoms with van der Waals surface area (Å²) in [4.78, 5) is 2.92. The van der Waals surface area contributed by atoms with Crippen molar-refractivity contribution in [3.63, 3.8) is 0 Å². The number of nitrogens with one attached hydrogen (secondary N) is 2. The lowest BCUT2D eigenvalue weighted by Crippen LogP contribution is -2.22. The van der Waals surface area contributed by atoms with Crippen molar-refractivity contribution >= 4 is 21.6 Å². The van der Waals surface area contributed by atoms with Crippen molar-refractivity contribution in [2.24, 2.45) is 0 Å². The average Bonchev–Trinajstić information content (AvgIpc) is 3.23. The number of hydrogen-bond donors (Lipinski definition) is 2. The van der Waals surface area contributed by atoms with E-state index >= 15 is 0 Å². The molecule has 0 aliphatic carbocycles. The fourth-order valence-corrected chi connectivity index (χ4v) is 3.26. The molecule has 0 unspecified atom stereocenters. The number of rotatable bonds is 6. The van der Waals surface area contributed by atoms with Crippen LogP contribution in [0.4, 0.5) is 0 Å². The van der Waals surface area contributed by atoms with E-state index in [2.05, 4.69) is 19.9 Å². The van der Waals surface area contributed by atoms with E-state index in [9.17, 15) is 8.42 Å². The Balaban J connectivity index is 1.77. The Morgan fingerprint density at radius 2 is 2.08 bits per heavy atom. The van der Waals surface area contributed by atoms with Gasteiger partial charge in [-0.05, 0) is 17.7 Å². The van der Waals surface area contributed by atoms with Gasteiger partial charge >= 0.3 is 0 Å². The molecule has 9 heteroatoms. The molecule has 0 saturated heterocycles. The molecule has 2 heterocycles. The lowest BCUT2D eigenvalue weighted by Gasteiger charge is -2.06. The molecule has 0 atom stereocenters. The summed E-state index contributed by atoms with van der Waals surface area (Å²) in [5.74, 6) is 0.736. The van der Waals surface area contributed by atoms with Crippen LogP contribution in [0, 0.1) is 0 Å². The summed E-state index contributed by atoms with van der Waals surface area (Å²) in [6, 6.07) is 8.50. The number of aromatic amines is 1. The molecule has 0 aliphatic rings. The van der Waals surface area contributed by atoms with Crippen LogP contribution in [0.3, 0.4) is 0 Å². The molecule has 0 amide bonds. The summed E-state index contributed by atoms with van der Waals surface area (Å²) < 4.78 is 32.7. The SMILES string of the molecule is CCc1nnc(-c2cc(S(=O)(=O)NCc3ccccc3Cl)c[nH]2)o1. The zero-order chi connectivity index (χ0) is 17.2. The van der Waals surface area contributed by atoms with Gasteiger partial charge in [-0.2, -0.15) is 0 Å². The van der Waals surface area contributed by atoms with Crippen molar-refractivity contribution in [1.82, 2.24) is 19.9 Å². The average molecular weight is 367 g/mol. The molecule has 3 rings (SSSR count). The smallest absolute Gasteiger partial charge is 0.264 e. The fraction of sp³-hybridized carbons (Fsp3) is 0.200. The van der Waals surface area contributed by atoms with Gasteiger partial charge in [0.2, 0.25) is 15.9 Å². The third-order valence-electron chi connectivity index (χ3n) is 3.38. The molecule has 2 aromatic heterocycles. The van der Waals surface area contributed by atoms with Crippen LogP contribution in [-0.2, 0) is 23.0 Å². The molecule has 2 N–H and O–H groups in total. The van der Waals surface area contributed by atoms with Crippen LogP contribution >= 0.6 is 11.6 Å². The van der Waals surface area contributed by atoms with Crippen LogP contribution in [0.25, 0.3) is 11.6 Å². The third kappa shape index (κ3) is 3.50. The highest BCUT2D eigenvalue weighted by Gasteiger charge is 2.18. The van der Waals surface area contributed by atoms with E-state index in [0.717, 1.165) is 0 Å². The molecule has 0 bridgehead atoms. The normalized spacial score (nSPS) is 11.8. The zero-order valence-corrected chi connectivity index (χ0v) is 14.4. The van der Waals surface area contributed by atoms with Gasteiger partial charge in [-0.25, -0.2) is 13.1 Å². The first-order valence-electron chi connectivity index (χ1n) is 7.24. The number of aromatic nitrogens is 3. The number of hydrogen-bond acceptors (Lipinski definition) is 5. The standard InChI is InChI=1S/C15H15ClN4O3S/c1-2-14-19-20-15(23-14)13-7-11(9-17-13)24(21,22)18-8-10-5-3-4-6-12(10)16/h3-7,9,17-18H,2,8H2,1H3. The van der Waals surface area contributed by atoms with Crippen LogP contribution < -0.4 is 4.72 Å². The van der Waals surface area contributed by atoms with Gasteiger partial charge in [0.1, 0.15) is 10.6 Å². The maximum atomic E-state index is 12.4. The first-order valence-corrected chi connectivity index (χ1v) is 9.10. The Morgan fingerprint density at radius 3 is 2.79 bits per heavy atom. The molecule has 0 radical (unpaired) electrons. The molecule has 7 nitrogen and oxygen atoms in total. The van der Waals surface area contributed by atoms with Crippen molar-refractivity contribution in [1.29, 1.82) is 0 Å².